The maximum atomic E-state index is 12.9. The molecule has 6 nitrogen and oxygen atoms in total. The molecule has 159 valence electrons. The van der Waals surface area contributed by atoms with E-state index >= 15 is 0 Å². The number of alkyl halides is 3. The van der Waals surface area contributed by atoms with Crippen molar-refractivity contribution in [3.05, 3.63) is 60.8 Å². The van der Waals surface area contributed by atoms with Crippen molar-refractivity contribution >= 4 is 26.7 Å². The van der Waals surface area contributed by atoms with Gasteiger partial charge in [-0.15, -0.1) is 0 Å². The molecular formula is C20H20F3N4O2S. The summed E-state index contributed by atoms with van der Waals surface area (Å²) in [4.78, 5) is 9.00. The first-order valence-electron chi connectivity index (χ1n) is 9.27. The number of nitrogens with zero attached hydrogens (tertiary/aromatic N) is 2. The van der Waals surface area contributed by atoms with E-state index in [1.807, 2.05) is 13.1 Å². The van der Waals surface area contributed by atoms with Crippen LogP contribution in [0.4, 0.5) is 18.9 Å². The number of anilines is 1. The monoisotopic (exact) mass is 437 g/mol. The van der Waals surface area contributed by atoms with Gasteiger partial charge in [0.15, 0.2) is 0 Å². The standard InChI is InChI=1S/C20H20F3N4O2S/c1-12-11-25-19-17(6-7-24-19)18(12)27(2)15-9-14(10-15)26-30(28,29)16-5-3-4-13(8-16)20(21,22)23/h3-8,11,14-15,26H,1,9-10H2,2H3,(H,24,25). The van der Waals surface area contributed by atoms with Crippen molar-refractivity contribution < 1.29 is 21.6 Å². The molecule has 1 aromatic carbocycles. The lowest BCUT2D eigenvalue weighted by Gasteiger charge is -2.43. The first kappa shape index (κ1) is 20.7. The first-order chi connectivity index (χ1) is 14.1. The number of rotatable bonds is 5. The van der Waals surface area contributed by atoms with E-state index in [9.17, 15) is 21.6 Å². The smallest absolute Gasteiger partial charge is 0.371 e. The third-order valence-electron chi connectivity index (χ3n) is 5.44. The summed E-state index contributed by atoms with van der Waals surface area (Å²) >= 11 is 0. The Bertz CT molecular complexity index is 1180. The maximum absolute atomic E-state index is 12.9. The molecule has 2 N–H and O–H groups in total. The van der Waals surface area contributed by atoms with Crippen molar-refractivity contribution in [2.24, 2.45) is 0 Å². The zero-order valence-electron chi connectivity index (χ0n) is 16.1. The molecular weight excluding hydrogens is 417 g/mol. The number of halogens is 3. The number of benzene rings is 1. The predicted molar refractivity (Wildman–Crippen MR) is 108 cm³/mol. The van der Waals surface area contributed by atoms with Gasteiger partial charge in [0, 0.05) is 36.9 Å². The summed E-state index contributed by atoms with van der Waals surface area (Å²) in [7, 11) is -2.13. The Balaban J connectivity index is 1.46. The number of pyridine rings is 1. The van der Waals surface area contributed by atoms with E-state index in [1.165, 1.54) is 0 Å². The minimum Gasteiger partial charge on any atom is -0.371 e. The molecule has 4 rings (SSSR count). The fourth-order valence-electron chi connectivity index (χ4n) is 3.76. The number of aromatic nitrogens is 2. The molecule has 0 atom stereocenters. The molecule has 0 unspecified atom stereocenters. The normalized spacial score (nSPS) is 19.6. The van der Waals surface area contributed by atoms with Crippen molar-refractivity contribution in [1.82, 2.24) is 14.7 Å². The van der Waals surface area contributed by atoms with Gasteiger partial charge in [0.05, 0.1) is 16.1 Å². The van der Waals surface area contributed by atoms with Gasteiger partial charge in [0.1, 0.15) is 5.65 Å². The Morgan fingerprint density at radius 1 is 1.27 bits per heavy atom. The van der Waals surface area contributed by atoms with Crippen LogP contribution in [0.3, 0.4) is 0 Å². The largest absolute Gasteiger partial charge is 0.416 e. The van der Waals surface area contributed by atoms with Gasteiger partial charge in [0.2, 0.25) is 10.0 Å². The summed E-state index contributed by atoms with van der Waals surface area (Å²) in [6, 6.07) is 5.38. The summed E-state index contributed by atoms with van der Waals surface area (Å²) in [6.07, 6.45) is -0.0705. The van der Waals surface area contributed by atoms with E-state index in [0.29, 0.717) is 18.9 Å². The van der Waals surface area contributed by atoms with Gasteiger partial charge < -0.3 is 9.88 Å². The van der Waals surface area contributed by atoms with Crippen LogP contribution < -0.4 is 9.62 Å². The second-order valence-electron chi connectivity index (χ2n) is 7.45. The molecule has 1 saturated carbocycles. The summed E-state index contributed by atoms with van der Waals surface area (Å²) in [6.45, 7) is 4.04. The number of H-pyrrole nitrogens is 1. The molecule has 1 aliphatic rings. The number of hydrogen-bond donors (Lipinski definition) is 2. The Kier molecular flexibility index (Phi) is 5.01. The molecule has 0 aliphatic heterocycles. The molecule has 0 amide bonds. The quantitative estimate of drug-likeness (QED) is 0.638. The molecule has 0 bridgehead atoms. The van der Waals surface area contributed by atoms with Crippen LogP contribution in [-0.4, -0.2) is 37.5 Å². The predicted octanol–water partition coefficient (Wildman–Crippen LogP) is 3.71. The van der Waals surface area contributed by atoms with Crippen molar-refractivity contribution in [2.75, 3.05) is 11.9 Å². The van der Waals surface area contributed by atoms with Crippen molar-refractivity contribution in [3.63, 3.8) is 0 Å². The number of sulfonamides is 1. The molecule has 2 aromatic heterocycles. The van der Waals surface area contributed by atoms with E-state index in [2.05, 4.69) is 26.5 Å². The van der Waals surface area contributed by atoms with Crippen LogP contribution in [-0.2, 0) is 16.2 Å². The molecule has 3 aromatic rings. The lowest BCUT2D eigenvalue weighted by atomic mass is 9.86. The van der Waals surface area contributed by atoms with E-state index < -0.39 is 26.7 Å². The van der Waals surface area contributed by atoms with Gasteiger partial charge in [-0.1, -0.05) is 6.07 Å². The lowest BCUT2D eigenvalue weighted by molar-refractivity contribution is -0.137. The van der Waals surface area contributed by atoms with Crippen LogP contribution in [0.15, 0.2) is 47.6 Å². The van der Waals surface area contributed by atoms with E-state index in [1.54, 1.807) is 12.4 Å². The van der Waals surface area contributed by atoms with Crippen LogP contribution in [0.5, 0.6) is 0 Å². The Morgan fingerprint density at radius 2 is 2.00 bits per heavy atom. The van der Waals surface area contributed by atoms with Crippen LogP contribution in [0.2, 0.25) is 0 Å². The fraction of sp³-hybridized carbons (Fsp3) is 0.300. The average Bonchev–Trinajstić information content (AvgIpc) is 3.12. The van der Waals surface area contributed by atoms with Crippen LogP contribution >= 0.6 is 0 Å². The topological polar surface area (TPSA) is 78.1 Å². The third-order valence-corrected chi connectivity index (χ3v) is 6.96. The van der Waals surface area contributed by atoms with Gasteiger partial charge in [-0.2, -0.15) is 13.2 Å². The number of fused-ring (bicyclic) bond motifs is 1. The van der Waals surface area contributed by atoms with Crippen LogP contribution in [0.1, 0.15) is 24.0 Å². The van der Waals surface area contributed by atoms with Crippen molar-refractivity contribution in [3.8, 4) is 0 Å². The second-order valence-corrected chi connectivity index (χ2v) is 9.17. The second kappa shape index (κ2) is 7.28. The van der Waals surface area contributed by atoms with Crippen molar-refractivity contribution in [2.45, 2.75) is 36.0 Å². The lowest BCUT2D eigenvalue weighted by Crippen LogP contribution is -2.53. The third kappa shape index (κ3) is 3.77. The number of aromatic amines is 1. The summed E-state index contributed by atoms with van der Waals surface area (Å²) in [5, 5.41) is 0.929. The molecule has 0 spiro atoms. The Hall–Kier alpha value is -2.59. The summed E-state index contributed by atoms with van der Waals surface area (Å²) in [5.41, 5.74) is 1.43. The maximum Gasteiger partial charge on any atom is 0.416 e. The number of nitrogens with one attached hydrogen (secondary N) is 2. The van der Waals surface area contributed by atoms with Crippen LogP contribution in [0, 0.1) is 6.92 Å². The van der Waals surface area contributed by atoms with Crippen molar-refractivity contribution in [1.29, 1.82) is 0 Å². The molecule has 30 heavy (non-hydrogen) atoms. The highest BCUT2D eigenvalue weighted by molar-refractivity contribution is 7.89. The molecule has 1 radical (unpaired) electrons. The summed E-state index contributed by atoms with van der Waals surface area (Å²) < 4.78 is 66.3. The molecule has 1 aliphatic carbocycles. The van der Waals surface area contributed by atoms with Gasteiger partial charge >= 0.3 is 6.18 Å². The zero-order valence-corrected chi connectivity index (χ0v) is 16.9. The Morgan fingerprint density at radius 3 is 2.70 bits per heavy atom. The van der Waals surface area contributed by atoms with Gasteiger partial charge in [0.25, 0.3) is 0 Å². The first-order valence-corrected chi connectivity index (χ1v) is 10.7. The Labute approximate surface area is 172 Å². The molecule has 2 heterocycles. The van der Waals surface area contributed by atoms with Crippen LogP contribution in [0.25, 0.3) is 11.0 Å². The van der Waals surface area contributed by atoms with E-state index in [0.717, 1.165) is 40.5 Å². The highest BCUT2D eigenvalue weighted by Crippen LogP contribution is 2.35. The fourth-order valence-corrected chi connectivity index (χ4v) is 5.07. The SMILES string of the molecule is [CH2]c1cnc2[nH]ccc2c1N(C)C1CC(NS(=O)(=O)c2cccc(C(F)(F)F)c2)C1. The molecule has 1 fully saturated rings. The summed E-state index contributed by atoms with van der Waals surface area (Å²) in [5.74, 6) is 0. The number of hydrogen-bond acceptors (Lipinski definition) is 4. The molecule has 0 saturated heterocycles. The van der Waals surface area contributed by atoms with E-state index in [4.69, 9.17) is 0 Å². The highest BCUT2D eigenvalue weighted by atomic mass is 32.2. The highest BCUT2D eigenvalue weighted by Gasteiger charge is 2.37. The average molecular weight is 437 g/mol. The van der Waals surface area contributed by atoms with Gasteiger partial charge in [-0.3, -0.25) is 0 Å². The van der Waals surface area contributed by atoms with Gasteiger partial charge in [-0.25, -0.2) is 18.1 Å². The minimum atomic E-state index is -4.60. The zero-order chi connectivity index (χ0) is 21.7. The minimum absolute atomic E-state index is 0.0696. The van der Waals surface area contributed by atoms with Gasteiger partial charge in [-0.05, 0) is 49.6 Å². The molecule has 10 heteroatoms. The van der Waals surface area contributed by atoms with E-state index in [-0.39, 0.29) is 12.1 Å².